The Hall–Kier alpha value is -0.500. The quantitative estimate of drug-likeness (QED) is 0.711. The van der Waals surface area contributed by atoms with E-state index in [1.165, 1.54) is 17.7 Å². The topological polar surface area (TPSA) is 20.3 Å². The third-order valence-electron chi connectivity index (χ3n) is 4.43. The largest absolute Gasteiger partial charge is 0.312 e. The number of halogens is 1. The molecular formula is C15H24ClNO. The van der Waals surface area contributed by atoms with Gasteiger partial charge in [0.1, 0.15) is 5.88 Å². The van der Waals surface area contributed by atoms with Gasteiger partial charge in [0, 0.05) is 11.7 Å². The lowest BCUT2D eigenvalue weighted by Gasteiger charge is -2.40. The average molecular weight is 270 g/mol. The van der Waals surface area contributed by atoms with E-state index in [-0.39, 0.29) is 17.2 Å². The number of hydrogen-bond acceptors (Lipinski definition) is 1. The first-order chi connectivity index (χ1) is 8.36. The van der Waals surface area contributed by atoms with Gasteiger partial charge in [0.15, 0.2) is 0 Å². The van der Waals surface area contributed by atoms with E-state index in [9.17, 15) is 4.79 Å². The van der Waals surface area contributed by atoms with E-state index in [4.69, 9.17) is 11.6 Å². The van der Waals surface area contributed by atoms with Gasteiger partial charge in [-0.3, -0.25) is 4.79 Å². The van der Waals surface area contributed by atoms with Gasteiger partial charge in [0.05, 0.1) is 0 Å². The summed E-state index contributed by atoms with van der Waals surface area (Å²) in [6.07, 6.45) is 4.49. The molecule has 0 radical (unpaired) electrons. The number of carbonyl (C=O) groups excluding carboxylic acids is 1. The zero-order valence-corrected chi connectivity index (χ0v) is 12.7. The van der Waals surface area contributed by atoms with Crippen LogP contribution in [0.1, 0.15) is 53.4 Å². The lowest BCUT2D eigenvalue weighted by Crippen LogP contribution is -2.38. The van der Waals surface area contributed by atoms with Gasteiger partial charge in [-0.2, -0.15) is 0 Å². The Balaban J connectivity index is 2.36. The van der Waals surface area contributed by atoms with E-state index >= 15 is 0 Å². The predicted octanol–water partition coefficient (Wildman–Crippen LogP) is 3.95. The molecule has 2 nitrogen and oxygen atoms in total. The van der Waals surface area contributed by atoms with E-state index in [0.29, 0.717) is 12.0 Å². The van der Waals surface area contributed by atoms with Crippen molar-refractivity contribution in [3.8, 4) is 0 Å². The van der Waals surface area contributed by atoms with Crippen LogP contribution in [0, 0.1) is 11.3 Å². The molecular weight excluding hydrogens is 246 g/mol. The summed E-state index contributed by atoms with van der Waals surface area (Å²) in [6.45, 7) is 9.05. The van der Waals surface area contributed by atoms with Crippen LogP contribution in [-0.4, -0.2) is 22.7 Å². The van der Waals surface area contributed by atoms with E-state index in [0.717, 1.165) is 19.3 Å². The Morgan fingerprint density at radius 1 is 1.44 bits per heavy atom. The van der Waals surface area contributed by atoms with E-state index in [2.05, 4.69) is 27.7 Å². The standard InChI is InChI=1S/C15H24ClNO/c1-10-7-13(11(2)15(3,4)8-10)17(12-5-6-12)14(18)9-16/h10,12H,5-9H2,1-4H3. The fourth-order valence-electron chi connectivity index (χ4n) is 3.22. The third-order valence-corrected chi connectivity index (χ3v) is 4.66. The summed E-state index contributed by atoms with van der Waals surface area (Å²) in [7, 11) is 0. The van der Waals surface area contributed by atoms with Gasteiger partial charge in [-0.25, -0.2) is 0 Å². The summed E-state index contributed by atoms with van der Waals surface area (Å²) in [4.78, 5) is 14.1. The van der Waals surface area contributed by atoms with Crippen LogP contribution in [0.25, 0.3) is 0 Å². The highest BCUT2D eigenvalue weighted by molar-refractivity contribution is 6.27. The third kappa shape index (κ3) is 2.59. The number of amides is 1. The minimum atomic E-state index is 0.0819. The summed E-state index contributed by atoms with van der Waals surface area (Å²) in [5, 5.41) is 0. The second-order valence-electron chi connectivity index (χ2n) is 6.60. The highest BCUT2D eigenvalue weighted by atomic mass is 35.5. The van der Waals surface area contributed by atoms with Crippen LogP contribution in [0.5, 0.6) is 0 Å². The fraction of sp³-hybridized carbons (Fsp3) is 0.800. The van der Waals surface area contributed by atoms with Crippen molar-refractivity contribution in [3.63, 3.8) is 0 Å². The van der Waals surface area contributed by atoms with Gasteiger partial charge in [0.2, 0.25) is 5.91 Å². The zero-order chi connectivity index (χ0) is 13.5. The summed E-state index contributed by atoms with van der Waals surface area (Å²) in [6, 6.07) is 0.419. The second kappa shape index (κ2) is 4.88. The maximum Gasteiger partial charge on any atom is 0.241 e. The first kappa shape index (κ1) is 13.9. The lowest BCUT2D eigenvalue weighted by molar-refractivity contribution is -0.127. The number of hydrogen-bond donors (Lipinski definition) is 0. The Bertz CT molecular complexity index is 382. The molecule has 0 heterocycles. The molecule has 102 valence electrons. The maximum absolute atomic E-state index is 12.1. The molecule has 0 spiro atoms. The van der Waals surface area contributed by atoms with Crippen molar-refractivity contribution in [2.24, 2.45) is 11.3 Å². The first-order valence-electron chi connectivity index (χ1n) is 6.95. The highest BCUT2D eigenvalue weighted by Crippen LogP contribution is 2.45. The summed E-state index contributed by atoms with van der Waals surface area (Å²) in [5.41, 5.74) is 2.84. The summed E-state index contributed by atoms with van der Waals surface area (Å²) in [5.74, 6) is 0.823. The van der Waals surface area contributed by atoms with Crippen molar-refractivity contribution in [1.29, 1.82) is 0 Å². The van der Waals surface area contributed by atoms with Gasteiger partial charge < -0.3 is 4.90 Å². The van der Waals surface area contributed by atoms with Gasteiger partial charge >= 0.3 is 0 Å². The fourth-order valence-corrected chi connectivity index (χ4v) is 3.35. The van der Waals surface area contributed by atoms with Crippen LogP contribution >= 0.6 is 11.6 Å². The van der Waals surface area contributed by atoms with E-state index in [1.807, 2.05) is 4.90 Å². The molecule has 18 heavy (non-hydrogen) atoms. The Morgan fingerprint density at radius 2 is 2.06 bits per heavy atom. The molecule has 0 N–H and O–H groups in total. The number of alkyl halides is 1. The molecule has 0 aliphatic heterocycles. The SMILES string of the molecule is CC1=C(N(C(=O)CCl)C2CC2)CC(C)CC1(C)C. The van der Waals surface area contributed by atoms with Crippen LogP contribution in [0.3, 0.4) is 0 Å². The molecule has 0 saturated heterocycles. The van der Waals surface area contributed by atoms with Crippen LogP contribution < -0.4 is 0 Å². The minimum absolute atomic E-state index is 0.0819. The lowest BCUT2D eigenvalue weighted by atomic mass is 9.70. The van der Waals surface area contributed by atoms with Crippen molar-refractivity contribution < 1.29 is 4.79 Å². The summed E-state index contributed by atoms with van der Waals surface area (Å²) >= 11 is 5.78. The maximum atomic E-state index is 12.1. The molecule has 0 aromatic heterocycles. The molecule has 2 aliphatic carbocycles. The number of nitrogens with zero attached hydrogens (tertiary/aromatic N) is 1. The molecule has 1 saturated carbocycles. The molecule has 1 unspecified atom stereocenters. The Kier molecular flexibility index (Phi) is 3.77. The summed E-state index contributed by atoms with van der Waals surface area (Å²) < 4.78 is 0. The van der Waals surface area contributed by atoms with Gasteiger partial charge in [-0.05, 0) is 49.5 Å². The van der Waals surface area contributed by atoms with Gasteiger partial charge in [-0.1, -0.05) is 20.8 Å². The molecule has 3 heteroatoms. The van der Waals surface area contributed by atoms with Crippen LogP contribution in [0.4, 0.5) is 0 Å². The van der Waals surface area contributed by atoms with Crippen LogP contribution in [-0.2, 0) is 4.79 Å². The van der Waals surface area contributed by atoms with Crippen molar-refractivity contribution in [1.82, 2.24) is 4.90 Å². The van der Waals surface area contributed by atoms with Crippen LogP contribution in [0.2, 0.25) is 0 Å². The number of allylic oxidation sites excluding steroid dienone is 2. The Labute approximate surface area is 115 Å². The number of rotatable bonds is 3. The molecule has 2 aliphatic rings. The second-order valence-corrected chi connectivity index (χ2v) is 6.86. The van der Waals surface area contributed by atoms with Gasteiger partial charge in [-0.15, -0.1) is 11.6 Å². The normalized spacial score (nSPS) is 27.3. The molecule has 0 aromatic carbocycles. The van der Waals surface area contributed by atoms with E-state index in [1.54, 1.807) is 0 Å². The minimum Gasteiger partial charge on any atom is -0.312 e. The van der Waals surface area contributed by atoms with Crippen molar-refractivity contribution in [2.45, 2.75) is 59.4 Å². The van der Waals surface area contributed by atoms with Crippen molar-refractivity contribution in [3.05, 3.63) is 11.3 Å². The molecule has 2 rings (SSSR count). The predicted molar refractivity (Wildman–Crippen MR) is 75.5 cm³/mol. The molecule has 0 bridgehead atoms. The van der Waals surface area contributed by atoms with E-state index < -0.39 is 0 Å². The molecule has 0 aromatic rings. The smallest absolute Gasteiger partial charge is 0.241 e. The molecule has 1 amide bonds. The zero-order valence-electron chi connectivity index (χ0n) is 11.9. The number of carbonyl (C=O) groups is 1. The van der Waals surface area contributed by atoms with Crippen molar-refractivity contribution >= 4 is 17.5 Å². The van der Waals surface area contributed by atoms with Crippen LogP contribution in [0.15, 0.2) is 11.3 Å². The average Bonchev–Trinajstić information content (AvgIpc) is 3.08. The first-order valence-corrected chi connectivity index (χ1v) is 7.48. The highest BCUT2D eigenvalue weighted by Gasteiger charge is 2.40. The Morgan fingerprint density at radius 3 is 2.56 bits per heavy atom. The monoisotopic (exact) mass is 269 g/mol. The van der Waals surface area contributed by atoms with Crippen molar-refractivity contribution in [2.75, 3.05) is 5.88 Å². The van der Waals surface area contributed by atoms with Gasteiger partial charge in [0.25, 0.3) is 0 Å². The molecule has 1 fully saturated rings. The molecule has 1 atom stereocenters.